The zero-order valence-corrected chi connectivity index (χ0v) is 22.6. The lowest BCUT2D eigenvalue weighted by Gasteiger charge is -2.11. The Hall–Kier alpha value is -3.06. The summed E-state index contributed by atoms with van der Waals surface area (Å²) >= 11 is 3.50. The second-order valence-corrected chi connectivity index (χ2v) is 9.53. The van der Waals surface area contributed by atoms with Gasteiger partial charge in [0.15, 0.2) is 22.5 Å². The maximum Gasteiger partial charge on any atom is 0.251 e. The van der Waals surface area contributed by atoms with Crippen LogP contribution in [0.25, 0.3) is 0 Å². The zero-order chi connectivity index (χ0) is 25.4. The SMILES string of the molecule is C=CCn1c(CNC(=O)c2ccc(OC)c(OC)c2)nnc1SCC(=O)Nc1ccc(I)cc1C. The van der Waals surface area contributed by atoms with Crippen LogP contribution < -0.4 is 20.1 Å². The van der Waals surface area contributed by atoms with E-state index in [9.17, 15) is 9.59 Å². The number of nitrogens with zero attached hydrogens (tertiary/aromatic N) is 3. The van der Waals surface area contributed by atoms with Crippen LogP contribution in [0.2, 0.25) is 0 Å². The van der Waals surface area contributed by atoms with Gasteiger partial charge in [0, 0.05) is 21.4 Å². The van der Waals surface area contributed by atoms with Crippen LogP contribution >= 0.6 is 34.4 Å². The number of halogens is 1. The number of aromatic nitrogens is 3. The molecule has 3 rings (SSSR count). The molecular formula is C24H26IN5O4S. The maximum absolute atomic E-state index is 12.7. The molecule has 0 radical (unpaired) electrons. The molecule has 9 nitrogen and oxygen atoms in total. The van der Waals surface area contributed by atoms with Crippen molar-refractivity contribution in [3.8, 4) is 11.5 Å². The number of amides is 2. The Morgan fingerprint density at radius 3 is 2.60 bits per heavy atom. The summed E-state index contributed by atoms with van der Waals surface area (Å²) in [4.78, 5) is 25.1. The summed E-state index contributed by atoms with van der Waals surface area (Å²) in [7, 11) is 3.05. The largest absolute Gasteiger partial charge is 0.493 e. The normalized spacial score (nSPS) is 10.5. The van der Waals surface area contributed by atoms with Gasteiger partial charge in [0.25, 0.3) is 5.91 Å². The molecule has 0 unspecified atom stereocenters. The number of carbonyl (C=O) groups excluding carboxylic acids is 2. The van der Waals surface area contributed by atoms with Gasteiger partial charge in [-0.3, -0.25) is 9.59 Å². The molecule has 1 aromatic heterocycles. The van der Waals surface area contributed by atoms with Crippen molar-refractivity contribution in [2.75, 3.05) is 25.3 Å². The van der Waals surface area contributed by atoms with Crippen molar-refractivity contribution in [2.45, 2.75) is 25.2 Å². The molecule has 2 N–H and O–H groups in total. The molecule has 11 heteroatoms. The number of methoxy groups -OCH3 is 2. The number of hydrogen-bond acceptors (Lipinski definition) is 7. The summed E-state index contributed by atoms with van der Waals surface area (Å²) in [6.45, 7) is 6.33. The Morgan fingerprint density at radius 2 is 1.91 bits per heavy atom. The molecule has 1 heterocycles. The Kier molecular flexibility index (Phi) is 9.55. The molecule has 0 bridgehead atoms. The predicted molar refractivity (Wildman–Crippen MR) is 144 cm³/mol. The number of carbonyl (C=O) groups is 2. The molecule has 0 aliphatic carbocycles. The summed E-state index contributed by atoms with van der Waals surface area (Å²) in [5.41, 5.74) is 2.20. The van der Waals surface area contributed by atoms with Crippen molar-refractivity contribution in [1.82, 2.24) is 20.1 Å². The van der Waals surface area contributed by atoms with Gasteiger partial charge in [-0.25, -0.2) is 0 Å². The number of ether oxygens (including phenoxy) is 2. The Morgan fingerprint density at radius 1 is 1.14 bits per heavy atom. The van der Waals surface area contributed by atoms with Crippen molar-refractivity contribution in [3.63, 3.8) is 0 Å². The number of thioether (sulfide) groups is 1. The number of nitrogens with one attached hydrogen (secondary N) is 2. The second-order valence-electron chi connectivity index (χ2n) is 7.35. The smallest absolute Gasteiger partial charge is 0.251 e. The summed E-state index contributed by atoms with van der Waals surface area (Å²) in [5, 5.41) is 14.7. The molecule has 0 saturated heterocycles. The summed E-state index contributed by atoms with van der Waals surface area (Å²) < 4.78 is 13.4. The summed E-state index contributed by atoms with van der Waals surface area (Å²) in [5.74, 6) is 1.29. The molecule has 184 valence electrons. The lowest BCUT2D eigenvalue weighted by molar-refractivity contribution is -0.113. The number of benzene rings is 2. The third kappa shape index (κ3) is 6.98. The maximum atomic E-state index is 12.7. The second kappa shape index (κ2) is 12.6. The standard InChI is InChI=1S/C24H26IN5O4S/c1-5-10-30-21(13-26-23(32)16-6-9-19(33-3)20(12-16)34-4)28-29-24(30)35-14-22(31)27-18-8-7-17(25)11-15(18)2/h5-9,11-12H,1,10,13-14H2,2-4H3,(H,26,32)(H,27,31). The molecule has 3 aromatic rings. The molecular weight excluding hydrogens is 581 g/mol. The Labute approximate surface area is 221 Å². The molecule has 2 aromatic carbocycles. The van der Waals surface area contributed by atoms with Gasteiger partial charge < -0.3 is 24.7 Å². The van der Waals surface area contributed by atoms with Gasteiger partial charge in [-0.15, -0.1) is 16.8 Å². The Bertz CT molecular complexity index is 1230. The Balaban J connectivity index is 1.63. The first-order valence-corrected chi connectivity index (χ1v) is 12.6. The highest BCUT2D eigenvalue weighted by Crippen LogP contribution is 2.27. The molecule has 0 aliphatic heterocycles. The minimum absolute atomic E-state index is 0.143. The van der Waals surface area contributed by atoms with Crippen LogP contribution in [-0.2, 0) is 17.9 Å². The van der Waals surface area contributed by atoms with Gasteiger partial charge in [-0.2, -0.15) is 0 Å². The van der Waals surface area contributed by atoms with E-state index in [2.05, 4.69) is 50.0 Å². The fourth-order valence-corrected chi connectivity index (χ4v) is 4.61. The zero-order valence-electron chi connectivity index (χ0n) is 19.6. The molecule has 0 aliphatic rings. The van der Waals surface area contributed by atoms with Gasteiger partial charge >= 0.3 is 0 Å². The minimum Gasteiger partial charge on any atom is -0.493 e. The van der Waals surface area contributed by atoms with E-state index in [0.29, 0.717) is 34.6 Å². The molecule has 2 amide bonds. The van der Waals surface area contributed by atoms with Crippen LogP contribution in [0.1, 0.15) is 21.7 Å². The van der Waals surface area contributed by atoms with E-state index in [1.807, 2.05) is 29.7 Å². The van der Waals surface area contributed by atoms with Crippen molar-refractivity contribution in [2.24, 2.45) is 0 Å². The first kappa shape index (κ1) is 26.5. The number of allylic oxidation sites excluding steroid dienone is 1. The molecule has 0 atom stereocenters. The average Bonchev–Trinajstić information content (AvgIpc) is 3.24. The van der Waals surface area contributed by atoms with Crippen molar-refractivity contribution in [1.29, 1.82) is 0 Å². The van der Waals surface area contributed by atoms with Gasteiger partial charge in [0.1, 0.15) is 0 Å². The van der Waals surface area contributed by atoms with E-state index >= 15 is 0 Å². The van der Waals surface area contributed by atoms with Gasteiger partial charge in [0.2, 0.25) is 5.91 Å². The van der Waals surface area contributed by atoms with Crippen LogP contribution in [0.5, 0.6) is 11.5 Å². The fourth-order valence-electron chi connectivity index (χ4n) is 3.19. The molecule has 35 heavy (non-hydrogen) atoms. The van der Waals surface area contributed by atoms with E-state index < -0.39 is 0 Å². The van der Waals surface area contributed by atoms with Crippen LogP contribution in [0.3, 0.4) is 0 Å². The summed E-state index contributed by atoms with van der Waals surface area (Å²) in [6.07, 6.45) is 1.71. The number of anilines is 1. The number of rotatable bonds is 11. The van der Waals surface area contributed by atoms with Gasteiger partial charge in [-0.1, -0.05) is 17.8 Å². The number of hydrogen-bond donors (Lipinski definition) is 2. The first-order chi connectivity index (χ1) is 16.9. The van der Waals surface area contributed by atoms with E-state index in [1.165, 1.54) is 26.0 Å². The molecule has 0 fully saturated rings. The molecule has 0 saturated carbocycles. The minimum atomic E-state index is -0.291. The van der Waals surface area contributed by atoms with Crippen LogP contribution in [0, 0.1) is 10.5 Å². The van der Waals surface area contributed by atoms with E-state index in [0.717, 1.165) is 14.8 Å². The quantitative estimate of drug-likeness (QED) is 0.193. The summed E-state index contributed by atoms with van der Waals surface area (Å²) in [6, 6.07) is 10.8. The van der Waals surface area contributed by atoms with E-state index in [4.69, 9.17) is 9.47 Å². The van der Waals surface area contributed by atoms with Crippen molar-refractivity contribution in [3.05, 3.63) is 69.6 Å². The molecule has 0 spiro atoms. The van der Waals surface area contributed by atoms with Crippen molar-refractivity contribution < 1.29 is 19.1 Å². The van der Waals surface area contributed by atoms with Gasteiger partial charge in [-0.05, 0) is 71.5 Å². The van der Waals surface area contributed by atoms with E-state index in [-0.39, 0.29) is 24.1 Å². The van der Waals surface area contributed by atoms with Crippen molar-refractivity contribution >= 4 is 51.9 Å². The first-order valence-electron chi connectivity index (χ1n) is 10.6. The number of aryl methyl sites for hydroxylation is 1. The van der Waals surface area contributed by atoms with E-state index in [1.54, 1.807) is 24.3 Å². The third-order valence-corrected chi connectivity index (χ3v) is 6.59. The highest BCUT2D eigenvalue weighted by Gasteiger charge is 2.16. The topological polar surface area (TPSA) is 107 Å². The fraction of sp³-hybridized carbons (Fsp3) is 0.250. The highest BCUT2D eigenvalue weighted by molar-refractivity contribution is 14.1. The highest BCUT2D eigenvalue weighted by atomic mass is 127. The lowest BCUT2D eigenvalue weighted by Crippen LogP contribution is -2.25. The third-order valence-electron chi connectivity index (χ3n) is 4.95. The van der Waals surface area contributed by atoms with Crippen LogP contribution in [0.15, 0.2) is 54.2 Å². The van der Waals surface area contributed by atoms with Crippen LogP contribution in [-0.4, -0.2) is 46.6 Å². The van der Waals surface area contributed by atoms with Gasteiger partial charge in [0.05, 0.1) is 26.5 Å². The monoisotopic (exact) mass is 607 g/mol. The average molecular weight is 607 g/mol. The predicted octanol–water partition coefficient (Wildman–Crippen LogP) is 4.06. The van der Waals surface area contributed by atoms with Crippen LogP contribution in [0.4, 0.5) is 5.69 Å². The lowest BCUT2D eigenvalue weighted by atomic mass is 10.2.